The summed E-state index contributed by atoms with van der Waals surface area (Å²) in [7, 11) is 0. The number of carbonyl (C=O) groups excluding carboxylic acids is 1. The van der Waals surface area contributed by atoms with E-state index in [0.29, 0.717) is 25.4 Å². The van der Waals surface area contributed by atoms with Crippen LogP contribution in [0.25, 0.3) is 0 Å². The van der Waals surface area contributed by atoms with Gasteiger partial charge in [-0.1, -0.05) is 6.92 Å². The fourth-order valence-corrected chi connectivity index (χ4v) is 1.47. The molecule has 0 spiro atoms. The molecule has 1 aromatic rings. The van der Waals surface area contributed by atoms with Gasteiger partial charge in [0.1, 0.15) is 12.4 Å². The van der Waals surface area contributed by atoms with Crippen LogP contribution in [0.15, 0.2) is 24.3 Å². The zero-order valence-electron chi connectivity index (χ0n) is 11.9. The van der Waals surface area contributed by atoms with Crippen molar-refractivity contribution >= 4 is 5.91 Å². The molecule has 0 aliphatic rings. The molecule has 106 valence electrons. The first-order chi connectivity index (χ1) is 9.17. The number of nitrogens with one attached hydrogen (secondary N) is 1. The first kappa shape index (κ1) is 15.5. The van der Waals surface area contributed by atoms with E-state index in [1.165, 1.54) is 0 Å². The predicted molar refractivity (Wildman–Crippen MR) is 75.6 cm³/mol. The highest BCUT2D eigenvalue weighted by Crippen LogP contribution is 2.12. The number of hydrogen-bond acceptors (Lipinski definition) is 3. The van der Waals surface area contributed by atoms with Crippen molar-refractivity contribution in [2.75, 3.05) is 19.8 Å². The molecule has 1 rings (SSSR count). The summed E-state index contributed by atoms with van der Waals surface area (Å²) in [5.41, 5.74) is 0.650. The molecule has 0 aromatic heterocycles. The number of amides is 1. The quantitative estimate of drug-likeness (QED) is 0.735. The molecule has 0 aliphatic carbocycles. The molecule has 4 heteroatoms. The van der Waals surface area contributed by atoms with Gasteiger partial charge in [-0.15, -0.1) is 0 Å². The van der Waals surface area contributed by atoms with Gasteiger partial charge in [-0.25, -0.2) is 0 Å². The molecule has 19 heavy (non-hydrogen) atoms. The third-order valence-corrected chi connectivity index (χ3v) is 2.81. The van der Waals surface area contributed by atoms with Crippen molar-refractivity contribution in [2.24, 2.45) is 0 Å². The Morgan fingerprint density at radius 3 is 2.47 bits per heavy atom. The van der Waals surface area contributed by atoms with E-state index in [4.69, 9.17) is 9.47 Å². The lowest BCUT2D eigenvalue weighted by Crippen LogP contribution is -2.31. The van der Waals surface area contributed by atoms with Crippen LogP contribution in [0.1, 0.15) is 37.6 Å². The van der Waals surface area contributed by atoms with Gasteiger partial charge in [-0.3, -0.25) is 4.79 Å². The van der Waals surface area contributed by atoms with Crippen LogP contribution >= 0.6 is 0 Å². The maximum absolute atomic E-state index is 11.9. The summed E-state index contributed by atoms with van der Waals surface area (Å²) in [6.45, 7) is 7.77. The maximum atomic E-state index is 11.9. The van der Waals surface area contributed by atoms with E-state index in [9.17, 15) is 4.79 Å². The monoisotopic (exact) mass is 265 g/mol. The van der Waals surface area contributed by atoms with Gasteiger partial charge in [0.25, 0.3) is 5.91 Å². The Bertz CT molecular complexity index is 375. The van der Waals surface area contributed by atoms with Crippen LogP contribution in [0.3, 0.4) is 0 Å². The van der Waals surface area contributed by atoms with Crippen LogP contribution in [0, 0.1) is 0 Å². The average molecular weight is 265 g/mol. The minimum Gasteiger partial charge on any atom is -0.491 e. The standard InChI is InChI=1S/C15H23NO3/c1-4-12(3)16-15(17)13-6-8-14(9-7-13)19-11-10-18-5-2/h6-9,12H,4-5,10-11H2,1-3H3,(H,16,17)/t12-/m1/s1. The van der Waals surface area contributed by atoms with Gasteiger partial charge in [0.15, 0.2) is 0 Å². The highest BCUT2D eigenvalue weighted by atomic mass is 16.5. The van der Waals surface area contributed by atoms with Gasteiger partial charge in [0, 0.05) is 18.2 Å². The summed E-state index contributed by atoms with van der Waals surface area (Å²) >= 11 is 0. The largest absolute Gasteiger partial charge is 0.491 e. The van der Waals surface area contributed by atoms with Gasteiger partial charge >= 0.3 is 0 Å². The lowest BCUT2D eigenvalue weighted by molar-refractivity contribution is 0.0939. The second kappa shape index (κ2) is 8.53. The third-order valence-electron chi connectivity index (χ3n) is 2.81. The van der Waals surface area contributed by atoms with Crippen molar-refractivity contribution in [3.63, 3.8) is 0 Å². The number of rotatable bonds is 8. The molecule has 0 bridgehead atoms. The molecule has 4 nitrogen and oxygen atoms in total. The Labute approximate surface area is 115 Å². The molecular weight excluding hydrogens is 242 g/mol. The lowest BCUT2D eigenvalue weighted by Gasteiger charge is -2.11. The number of ether oxygens (including phenoxy) is 2. The van der Waals surface area contributed by atoms with Gasteiger partial charge < -0.3 is 14.8 Å². The highest BCUT2D eigenvalue weighted by molar-refractivity contribution is 5.94. The number of benzene rings is 1. The summed E-state index contributed by atoms with van der Waals surface area (Å²) < 4.78 is 10.7. The Hall–Kier alpha value is -1.55. The van der Waals surface area contributed by atoms with Crippen molar-refractivity contribution in [1.29, 1.82) is 0 Å². The third kappa shape index (κ3) is 5.75. The molecule has 0 radical (unpaired) electrons. The van der Waals surface area contributed by atoms with Crippen molar-refractivity contribution < 1.29 is 14.3 Å². The first-order valence-corrected chi connectivity index (χ1v) is 6.78. The fraction of sp³-hybridized carbons (Fsp3) is 0.533. The first-order valence-electron chi connectivity index (χ1n) is 6.78. The van der Waals surface area contributed by atoms with E-state index in [2.05, 4.69) is 5.32 Å². The molecule has 0 unspecified atom stereocenters. The van der Waals surface area contributed by atoms with E-state index in [-0.39, 0.29) is 11.9 Å². The van der Waals surface area contributed by atoms with E-state index in [1.807, 2.05) is 20.8 Å². The van der Waals surface area contributed by atoms with Gasteiger partial charge in [0.2, 0.25) is 0 Å². The van der Waals surface area contributed by atoms with Crippen LogP contribution in [-0.2, 0) is 4.74 Å². The van der Waals surface area contributed by atoms with Crippen LogP contribution in [-0.4, -0.2) is 31.8 Å². The van der Waals surface area contributed by atoms with E-state index in [0.717, 1.165) is 12.2 Å². The van der Waals surface area contributed by atoms with E-state index < -0.39 is 0 Å². The summed E-state index contributed by atoms with van der Waals surface area (Å²) in [6, 6.07) is 7.34. The molecule has 0 saturated carbocycles. The number of hydrogen-bond donors (Lipinski definition) is 1. The molecule has 0 fully saturated rings. The zero-order valence-corrected chi connectivity index (χ0v) is 11.9. The van der Waals surface area contributed by atoms with E-state index >= 15 is 0 Å². The van der Waals surface area contributed by atoms with E-state index in [1.54, 1.807) is 24.3 Å². The molecule has 0 aliphatic heterocycles. The summed E-state index contributed by atoms with van der Waals surface area (Å²) in [5.74, 6) is 0.704. The highest BCUT2D eigenvalue weighted by Gasteiger charge is 2.08. The van der Waals surface area contributed by atoms with Crippen molar-refractivity contribution in [2.45, 2.75) is 33.2 Å². The summed E-state index contributed by atoms with van der Waals surface area (Å²) in [5, 5.41) is 2.93. The molecule has 1 atom stereocenters. The Morgan fingerprint density at radius 2 is 1.89 bits per heavy atom. The summed E-state index contributed by atoms with van der Waals surface area (Å²) in [6.07, 6.45) is 0.921. The second-order valence-corrected chi connectivity index (χ2v) is 4.35. The molecule has 1 aromatic carbocycles. The summed E-state index contributed by atoms with van der Waals surface area (Å²) in [4.78, 5) is 11.9. The molecule has 0 heterocycles. The van der Waals surface area contributed by atoms with Crippen molar-refractivity contribution in [3.8, 4) is 5.75 Å². The molecule has 0 saturated heterocycles. The van der Waals surface area contributed by atoms with Gasteiger partial charge in [-0.2, -0.15) is 0 Å². The van der Waals surface area contributed by atoms with Crippen LogP contribution in [0.4, 0.5) is 0 Å². The van der Waals surface area contributed by atoms with Crippen LogP contribution in [0.5, 0.6) is 5.75 Å². The SMILES string of the molecule is CCOCCOc1ccc(C(=O)N[C@H](C)CC)cc1. The predicted octanol–water partition coefficient (Wildman–Crippen LogP) is 2.63. The number of carbonyl (C=O) groups is 1. The lowest BCUT2D eigenvalue weighted by atomic mass is 10.2. The minimum absolute atomic E-state index is 0.0461. The zero-order chi connectivity index (χ0) is 14.1. The smallest absolute Gasteiger partial charge is 0.251 e. The Morgan fingerprint density at radius 1 is 1.21 bits per heavy atom. The molecule has 1 amide bonds. The van der Waals surface area contributed by atoms with Gasteiger partial charge in [0.05, 0.1) is 6.61 Å². The Kier molecular flexibility index (Phi) is 6.97. The molecule has 1 N–H and O–H groups in total. The maximum Gasteiger partial charge on any atom is 0.251 e. The van der Waals surface area contributed by atoms with Crippen molar-refractivity contribution in [3.05, 3.63) is 29.8 Å². The normalized spacial score (nSPS) is 11.9. The Balaban J connectivity index is 2.44. The van der Waals surface area contributed by atoms with Crippen molar-refractivity contribution in [1.82, 2.24) is 5.32 Å². The molecular formula is C15H23NO3. The minimum atomic E-state index is -0.0461. The average Bonchev–Trinajstić information content (AvgIpc) is 2.44. The second-order valence-electron chi connectivity index (χ2n) is 4.35. The topological polar surface area (TPSA) is 47.6 Å². The van der Waals surface area contributed by atoms with Crippen LogP contribution in [0.2, 0.25) is 0 Å². The van der Waals surface area contributed by atoms with Crippen LogP contribution < -0.4 is 10.1 Å². The fourth-order valence-electron chi connectivity index (χ4n) is 1.47. The van der Waals surface area contributed by atoms with Gasteiger partial charge in [-0.05, 0) is 44.5 Å².